The van der Waals surface area contributed by atoms with Crippen LogP contribution in [0.1, 0.15) is 51.2 Å². The van der Waals surface area contributed by atoms with Crippen molar-refractivity contribution in [3.63, 3.8) is 0 Å². The molecule has 2 aliphatic rings. The normalized spacial score (nSPS) is 23.0. The number of hydrogen-bond acceptors (Lipinski definition) is 3. The van der Waals surface area contributed by atoms with Crippen LogP contribution in [0.15, 0.2) is 24.3 Å². The molecule has 2 heterocycles. The highest BCUT2D eigenvalue weighted by atomic mass is 16.6. The monoisotopic (exact) mass is 329 g/mol. The quantitative estimate of drug-likeness (QED) is 0.798. The van der Waals surface area contributed by atoms with Gasteiger partial charge in [0.25, 0.3) is 0 Å². The summed E-state index contributed by atoms with van der Waals surface area (Å²) in [6.45, 7) is 7.79. The maximum atomic E-state index is 12.5. The van der Waals surface area contributed by atoms with E-state index in [0.717, 1.165) is 30.6 Å². The predicted molar refractivity (Wildman–Crippen MR) is 95.2 cm³/mol. The van der Waals surface area contributed by atoms with Gasteiger partial charge in [0.2, 0.25) is 0 Å². The highest BCUT2D eigenvalue weighted by Crippen LogP contribution is 2.40. The molecule has 0 saturated carbocycles. The van der Waals surface area contributed by atoms with Gasteiger partial charge in [0, 0.05) is 6.04 Å². The Morgan fingerprint density at radius 1 is 1.25 bits per heavy atom. The zero-order chi connectivity index (χ0) is 17.5. The van der Waals surface area contributed by atoms with Gasteiger partial charge in [-0.2, -0.15) is 0 Å². The van der Waals surface area contributed by atoms with Crippen molar-refractivity contribution in [1.82, 2.24) is 4.90 Å². The molecule has 1 aromatic rings. The third kappa shape index (κ3) is 3.28. The first-order valence-corrected chi connectivity index (χ1v) is 8.65. The molecule has 0 spiro atoms. The fourth-order valence-corrected chi connectivity index (χ4v) is 3.66. The number of hydrogen-bond donors (Lipinski definition) is 0. The van der Waals surface area contributed by atoms with E-state index in [0.29, 0.717) is 0 Å². The minimum Gasteiger partial charge on any atom is -0.496 e. The molecule has 2 bridgehead atoms. The molecule has 3 rings (SSSR count). The molecule has 130 valence electrons. The lowest BCUT2D eigenvalue weighted by molar-refractivity contribution is 0.0175. The van der Waals surface area contributed by atoms with E-state index >= 15 is 0 Å². The van der Waals surface area contributed by atoms with Gasteiger partial charge in [0.15, 0.2) is 0 Å². The number of carbonyl (C=O) groups is 1. The lowest BCUT2D eigenvalue weighted by Gasteiger charge is -2.35. The third-order valence-corrected chi connectivity index (χ3v) is 4.78. The number of carbonyl (C=O) groups excluding carboxylic acids is 1. The van der Waals surface area contributed by atoms with Gasteiger partial charge in [-0.1, -0.05) is 18.2 Å². The van der Waals surface area contributed by atoms with Crippen molar-refractivity contribution in [1.29, 1.82) is 0 Å². The topological polar surface area (TPSA) is 38.8 Å². The molecule has 0 aromatic heterocycles. The summed E-state index contributed by atoms with van der Waals surface area (Å²) >= 11 is 0. The maximum absolute atomic E-state index is 12.5. The molecule has 4 heteroatoms. The number of fused-ring (bicyclic) bond motifs is 2. The van der Waals surface area contributed by atoms with E-state index in [1.165, 1.54) is 11.1 Å². The van der Waals surface area contributed by atoms with Crippen LogP contribution in [-0.4, -0.2) is 35.8 Å². The smallest absolute Gasteiger partial charge is 0.411 e. The van der Waals surface area contributed by atoms with E-state index in [-0.39, 0.29) is 18.2 Å². The fraction of sp³-hybridized carbons (Fsp3) is 0.550. The Labute approximate surface area is 144 Å². The van der Waals surface area contributed by atoms with Crippen molar-refractivity contribution < 1.29 is 14.3 Å². The first kappa shape index (κ1) is 16.9. The second-order valence-electron chi connectivity index (χ2n) is 7.77. The molecule has 0 N–H and O–H groups in total. The van der Waals surface area contributed by atoms with E-state index in [4.69, 9.17) is 9.47 Å². The number of ether oxygens (including phenoxy) is 2. The van der Waals surface area contributed by atoms with Crippen LogP contribution in [0.2, 0.25) is 0 Å². The molecular weight excluding hydrogens is 302 g/mol. The van der Waals surface area contributed by atoms with Crippen molar-refractivity contribution in [3.8, 4) is 5.75 Å². The lowest BCUT2D eigenvalue weighted by Crippen LogP contribution is -2.45. The standard InChI is InChI=1S/C20H27NO3/c1-13-6-7-14(12-18(13)23-5)15-10-16-8-9-17(11-15)21(16)19(22)24-20(2,3)4/h6-7,10,12,16-17H,8-9,11H2,1-5H3. The van der Waals surface area contributed by atoms with Gasteiger partial charge in [-0.05, 0) is 69.7 Å². The molecule has 2 atom stereocenters. The Morgan fingerprint density at radius 3 is 2.62 bits per heavy atom. The predicted octanol–water partition coefficient (Wildman–Crippen LogP) is 4.56. The number of methoxy groups -OCH3 is 1. The molecular formula is C20H27NO3. The van der Waals surface area contributed by atoms with E-state index in [9.17, 15) is 4.79 Å². The van der Waals surface area contributed by atoms with Crippen molar-refractivity contribution >= 4 is 11.7 Å². The van der Waals surface area contributed by atoms with Crippen molar-refractivity contribution in [3.05, 3.63) is 35.4 Å². The fourth-order valence-electron chi connectivity index (χ4n) is 3.66. The third-order valence-electron chi connectivity index (χ3n) is 4.78. The van der Waals surface area contributed by atoms with Crippen LogP contribution in [-0.2, 0) is 4.74 Å². The summed E-state index contributed by atoms with van der Waals surface area (Å²) in [6.07, 6.45) is 4.97. The molecule has 24 heavy (non-hydrogen) atoms. The average molecular weight is 329 g/mol. The highest BCUT2D eigenvalue weighted by Gasteiger charge is 2.41. The molecule has 1 fully saturated rings. The van der Waals surface area contributed by atoms with Crippen LogP contribution < -0.4 is 4.74 Å². The van der Waals surface area contributed by atoms with E-state index < -0.39 is 5.60 Å². The number of aryl methyl sites for hydroxylation is 1. The number of amides is 1. The van der Waals surface area contributed by atoms with Gasteiger partial charge >= 0.3 is 6.09 Å². The first-order chi connectivity index (χ1) is 11.3. The zero-order valence-corrected chi connectivity index (χ0v) is 15.3. The second-order valence-corrected chi connectivity index (χ2v) is 7.77. The van der Waals surface area contributed by atoms with Crippen molar-refractivity contribution in [2.45, 2.75) is 64.6 Å². The van der Waals surface area contributed by atoms with Gasteiger partial charge in [-0.25, -0.2) is 4.79 Å². The number of benzene rings is 1. The molecule has 2 aliphatic heterocycles. The highest BCUT2D eigenvalue weighted by molar-refractivity contribution is 5.75. The molecule has 1 saturated heterocycles. The zero-order valence-electron chi connectivity index (χ0n) is 15.3. The van der Waals surface area contributed by atoms with Gasteiger partial charge in [0.1, 0.15) is 11.4 Å². The summed E-state index contributed by atoms with van der Waals surface area (Å²) < 4.78 is 11.0. The molecule has 4 nitrogen and oxygen atoms in total. The molecule has 1 aromatic carbocycles. The lowest BCUT2D eigenvalue weighted by atomic mass is 9.94. The summed E-state index contributed by atoms with van der Waals surface area (Å²) in [5.74, 6) is 0.912. The van der Waals surface area contributed by atoms with E-state index in [2.05, 4.69) is 24.3 Å². The summed E-state index contributed by atoms with van der Waals surface area (Å²) in [5.41, 5.74) is 3.18. The Morgan fingerprint density at radius 2 is 2.00 bits per heavy atom. The largest absolute Gasteiger partial charge is 0.496 e. The molecule has 0 radical (unpaired) electrons. The van der Waals surface area contributed by atoms with Crippen LogP contribution in [0.5, 0.6) is 5.75 Å². The Hall–Kier alpha value is -1.97. The van der Waals surface area contributed by atoms with Gasteiger partial charge in [-0.3, -0.25) is 4.90 Å². The van der Waals surface area contributed by atoms with Crippen LogP contribution in [0, 0.1) is 6.92 Å². The average Bonchev–Trinajstić information content (AvgIpc) is 2.77. The van der Waals surface area contributed by atoms with Gasteiger partial charge in [-0.15, -0.1) is 0 Å². The summed E-state index contributed by atoms with van der Waals surface area (Å²) in [6, 6.07) is 6.71. The van der Waals surface area contributed by atoms with Crippen LogP contribution >= 0.6 is 0 Å². The Bertz CT molecular complexity index is 672. The molecule has 2 unspecified atom stereocenters. The Balaban J connectivity index is 1.83. The summed E-state index contributed by atoms with van der Waals surface area (Å²) in [5, 5.41) is 0. The SMILES string of the molecule is COc1cc(C2=CC3CCC(C2)N3C(=O)OC(C)(C)C)ccc1C. The van der Waals surface area contributed by atoms with Crippen molar-refractivity contribution in [2.24, 2.45) is 0 Å². The second kappa shape index (κ2) is 6.15. The summed E-state index contributed by atoms with van der Waals surface area (Å²) in [7, 11) is 1.70. The minimum absolute atomic E-state index is 0.140. The Kier molecular flexibility index (Phi) is 4.33. The number of rotatable bonds is 2. The molecule has 0 aliphatic carbocycles. The number of nitrogens with zero attached hydrogens (tertiary/aromatic N) is 1. The van der Waals surface area contributed by atoms with E-state index in [1.54, 1.807) is 7.11 Å². The van der Waals surface area contributed by atoms with Crippen LogP contribution in [0.4, 0.5) is 4.79 Å². The van der Waals surface area contributed by atoms with E-state index in [1.807, 2.05) is 32.6 Å². The minimum atomic E-state index is -0.454. The first-order valence-electron chi connectivity index (χ1n) is 8.65. The van der Waals surface area contributed by atoms with Gasteiger partial charge < -0.3 is 9.47 Å². The summed E-state index contributed by atoms with van der Waals surface area (Å²) in [4.78, 5) is 14.4. The van der Waals surface area contributed by atoms with Crippen molar-refractivity contribution in [2.75, 3.05) is 7.11 Å². The van der Waals surface area contributed by atoms with Crippen LogP contribution in [0.3, 0.4) is 0 Å². The molecule has 1 amide bonds. The van der Waals surface area contributed by atoms with Crippen LogP contribution in [0.25, 0.3) is 5.57 Å². The van der Waals surface area contributed by atoms with Gasteiger partial charge in [0.05, 0.1) is 13.2 Å². The maximum Gasteiger partial charge on any atom is 0.411 e.